The summed E-state index contributed by atoms with van der Waals surface area (Å²) in [6.07, 6.45) is 0.250. The lowest BCUT2D eigenvalue weighted by molar-refractivity contribution is -0.129. The quantitative estimate of drug-likeness (QED) is 0.723. The number of hydrogen-bond donors (Lipinski definition) is 1. The number of benzene rings is 1. The number of nitrogens with zero attached hydrogens (tertiary/aromatic N) is 2. The number of nitrogens with one attached hydrogen (secondary N) is 1. The minimum absolute atomic E-state index is 0.0132. The molecule has 160 valence electrons. The molecule has 1 atom stereocenters. The number of carbonyl (C=O) groups is 3. The molecule has 29 heavy (non-hydrogen) atoms. The molecule has 1 unspecified atom stereocenters. The van der Waals surface area contributed by atoms with Crippen molar-refractivity contribution in [3.63, 3.8) is 0 Å². The third-order valence-corrected chi connectivity index (χ3v) is 5.01. The van der Waals surface area contributed by atoms with E-state index < -0.39 is 0 Å². The summed E-state index contributed by atoms with van der Waals surface area (Å²) >= 11 is 0. The van der Waals surface area contributed by atoms with Crippen LogP contribution in [0.5, 0.6) is 0 Å². The number of anilines is 1. The second-order valence-electron chi connectivity index (χ2n) is 9.11. The van der Waals surface area contributed by atoms with Crippen molar-refractivity contribution in [2.75, 3.05) is 25.0 Å². The Morgan fingerprint density at radius 3 is 2.03 bits per heavy atom. The van der Waals surface area contributed by atoms with E-state index in [2.05, 4.69) is 33.0 Å². The van der Waals surface area contributed by atoms with E-state index >= 15 is 0 Å². The second-order valence-corrected chi connectivity index (χ2v) is 9.11. The Morgan fingerprint density at radius 2 is 1.59 bits per heavy atom. The zero-order valence-corrected chi connectivity index (χ0v) is 18.6. The lowest BCUT2D eigenvalue weighted by atomic mass is 10.1. The highest BCUT2D eigenvalue weighted by atomic mass is 16.2. The third kappa shape index (κ3) is 6.31. The third-order valence-electron chi connectivity index (χ3n) is 5.01. The molecule has 0 bridgehead atoms. The fourth-order valence-electron chi connectivity index (χ4n) is 3.65. The summed E-state index contributed by atoms with van der Waals surface area (Å²) in [5.74, 6) is 0.350. The Morgan fingerprint density at radius 1 is 1.03 bits per heavy atom. The summed E-state index contributed by atoms with van der Waals surface area (Å²) in [4.78, 5) is 41.1. The minimum Gasteiger partial charge on any atom is -0.339 e. The molecule has 0 aromatic heterocycles. The van der Waals surface area contributed by atoms with Gasteiger partial charge in [-0.3, -0.25) is 14.4 Å². The molecule has 0 saturated carbocycles. The number of amides is 3. The molecule has 0 aliphatic carbocycles. The Hall–Kier alpha value is -2.37. The van der Waals surface area contributed by atoms with Gasteiger partial charge >= 0.3 is 0 Å². The molecule has 1 fully saturated rings. The highest BCUT2D eigenvalue weighted by molar-refractivity contribution is 5.98. The molecule has 1 aromatic rings. The molecule has 1 aromatic carbocycles. The average Bonchev–Trinajstić information content (AvgIpc) is 3.02. The second kappa shape index (κ2) is 9.90. The van der Waals surface area contributed by atoms with Crippen LogP contribution in [0.3, 0.4) is 0 Å². The Kier molecular flexibility index (Phi) is 7.82. The molecule has 6 heteroatoms. The first-order valence-electron chi connectivity index (χ1n) is 10.6. The number of hydrogen-bond acceptors (Lipinski definition) is 3. The van der Waals surface area contributed by atoms with Crippen molar-refractivity contribution in [2.45, 2.75) is 54.0 Å². The van der Waals surface area contributed by atoms with Crippen LogP contribution in [0.25, 0.3) is 0 Å². The highest BCUT2D eigenvalue weighted by Gasteiger charge is 2.35. The Balaban J connectivity index is 2.01. The summed E-state index contributed by atoms with van der Waals surface area (Å²) in [5.41, 5.74) is 1.26. The van der Waals surface area contributed by atoms with E-state index in [1.807, 2.05) is 18.7 Å². The van der Waals surface area contributed by atoms with Crippen molar-refractivity contribution >= 4 is 23.4 Å². The van der Waals surface area contributed by atoms with Gasteiger partial charge in [0.2, 0.25) is 11.8 Å². The maximum atomic E-state index is 12.9. The molecular weight excluding hydrogens is 366 g/mol. The van der Waals surface area contributed by atoms with Gasteiger partial charge in [-0.05, 0) is 49.9 Å². The normalized spacial score (nSPS) is 16.8. The molecule has 3 amide bonds. The number of likely N-dealkylation sites (tertiary alicyclic amines) is 1. The maximum Gasteiger partial charge on any atom is 0.253 e. The molecule has 0 spiro atoms. The SMILES string of the molecule is CC(C)CN(CC(C)C)C(=O)c1ccc(NC(=O)C2CC(=O)N(C(C)C)C2)cc1. The summed E-state index contributed by atoms with van der Waals surface area (Å²) in [7, 11) is 0. The van der Waals surface area contributed by atoms with E-state index in [1.165, 1.54) is 0 Å². The Bertz CT molecular complexity index is 715. The predicted molar refractivity (Wildman–Crippen MR) is 116 cm³/mol. The van der Waals surface area contributed by atoms with Gasteiger partial charge in [-0.2, -0.15) is 0 Å². The molecule has 1 N–H and O–H groups in total. The van der Waals surface area contributed by atoms with Crippen LogP contribution in [-0.2, 0) is 9.59 Å². The lowest BCUT2D eigenvalue weighted by Gasteiger charge is -2.26. The van der Waals surface area contributed by atoms with E-state index in [0.717, 1.165) is 13.1 Å². The van der Waals surface area contributed by atoms with E-state index in [9.17, 15) is 14.4 Å². The molecule has 1 aliphatic rings. The van der Waals surface area contributed by atoms with Gasteiger partial charge in [0.25, 0.3) is 5.91 Å². The summed E-state index contributed by atoms with van der Waals surface area (Å²) < 4.78 is 0. The number of carbonyl (C=O) groups excluding carboxylic acids is 3. The average molecular weight is 402 g/mol. The highest BCUT2D eigenvalue weighted by Crippen LogP contribution is 2.22. The lowest BCUT2D eigenvalue weighted by Crippen LogP contribution is -2.37. The fraction of sp³-hybridized carbons (Fsp3) is 0.609. The van der Waals surface area contributed by atoms with Gasteiger partial charge in [0.1, 0.15) is 0 Å². The van der Waals surface area contributed by atoms with Gasteiger partial charge in [-0.15, -0.1) is 0 Å². The topological polar surface area (TPSA) is 69.7 Å². The smallest absolute Gasteiger partial charge is 0.253 e. The van der Waals surface area contributed by atoms with Crippen LogP contribution in [0, 0.1) is 17.8 Å². The van der Waals surface area contributed by atoms with Crippen molar-refractivity contribution in [1.82, 2.24) is 9.80 Å². The molecule has 1 saturated heterocycles. The Labute approximate surface area is 174 Å². The van der Waals surface area contributed by atoms with Crippen LogP contribution < -0.4 is 5.32 Å². The van der Waals surface area contributed by atoms with E-state index in [0.29, 0.717) is 29.6 Å². The van der Waals surface area contributed by atoms with Crippen LogP contribution in [0.15, 0.2) is 24.3 Å². The minimum atomic E-state index is -0.334. The molecule has 0 radical (unpaired) electrons. The van der Waals surface area contributed by atoms with Crippen molar-refractivity contribution < 1.29 is 14.4 Å². The summed E-state index contributed by atoms with van der Waals surface area (Å²) in [5, 5.41) is 2.88. The molecule has 1 aliphatic heterocycles. The van der Waals surface area contributed by atoms with Gasteiger partial charge in [-0.25, -0.2) is 0 Å². The van der Waals surface area contributed by atoms with E-state index in [1.54, 1.807) is 29.2 Å². The molecule has 6 nitrogen and oxygen atoms in total. The number of rotatable bonds is 8. The first kappa shape index (κ1) is 22.9. The monoisotopic (exact) mass is 401 g/mol. The first-order valence-corrected chi connectivity index (χ1v) is 10.6. The molecular formula is C23H35N3O3. The maximum absolute atomic E-state index is 12.9. The van der Waals surface area contributed by atoms with E-state index in [4.69, 9.17) is 0 Å². The van der Waals surface area contributed by atoms with Gasteiger partial charge in [-0.1, -0.05) is 27.7 Å². The molecule has 2 rings (SSSR count). The first-order chi connectivity index (χ1) is 13.6. The van der Waals surface area contributed by atoms with Crippen LogP contribution in [0.1, 0.15) is 58.3 Å². The van der Waals surface area contributed by atoms with Crippen molar-refractivity contribution in [1.29, 1.82) is 0 Å². The van der Waals surface area contributed by atoms with Crippen LogP contribution in [0.2, 0.25) is 0 Å². The van der Waals surface area contributed by atoms with Crippen molar-refractivity contribution in [3.8, 4) is 0 Å². The van der Waals surface area contributed by atoms with Crippen LogP contribution in [0.4, 0.5) is 5.69 Å². The van der Waals surface area contributed by atoms with Gasteiger partial charge in [0.05, 0.1) is 5.92 Å². The van der Waals surface area contributed by atoms with Crippen molar-refractivity contribution in [2.24, 2.45) is 17.8 Å². The summed E-state index contributed by atoms with van der Waals surface area (Å²) in [6.45, 7) is 14.2. The predicted octanol–water partition coefficient (Wildman–Crippen LogP) is 3.64. The van der Waals surface area contributed by atoms with Gasteiger partial charge in [0.15, 0.2) is 0 Å². The van der Waals surface area contributed by atoms with Crippen molar-refractivity contribution in [3.05, 3.63) is 29.8 Å². The van der Waals surface area contributed by atoms with Crippen LogP contribution in [-0.4, -0.2) is 53.2 Å². The zero-order valence-electron chi connectivity index (χ0n) is 18.6. The fourth-order valence-corrected chi connectivity index (χ4v) is 3.65. The van der Waals surface area contributed by atoms with E-state index in [-0.39, 0.29) is 36.1 Å². The van der Waals surface area contributed by atoms with Gasteiger partial charge < -0.3 is 15.1 Å². The molecule has 1 heterocycles. The largest absolute Gasteiger partial charge is 0.339 e. The standard InChI is InChI=1S/C23H35N3O3/c1-15(2)12-25(13-16(3)4)23(29)18-7-9-20(10-8-18)24-22(28)19-11-21(27)26(14-19)17(5)6/h7-10,15-17,19H,11-14H2,1-6H3,(H,24,28). The van der Waals surface area contributed by atoms with Crippen LogP contribution >= 0.6 is 0 Å². The zero-order chi connectivity index (χ0) is 21.7. The summed E-state index contributed by atoms with van der Waals surface area (Å²) in [6, 6.07) is 7.12. The van der Waals surface area contributed by atoms with Gasteiger partial charge in [0, 0.05) is 43.3 Å².